The minimum absolute atomic E-state index is 0.0446. The minimum Gasteiger partial charge on any atom is -0.493 e. The first-order valence-electron chi connectivity index (χ1n) is 11.4. The summed E-state index contributed by atoms with van der Waals surface area (Å²) in [5.74, 6) is 2.57. The van der Waals surface area contributed by atoms with E-state index in [1.807, 2.05) is 18.2 Å². The van der Waals surface area contributed by atoms with Gasteiger partial charge in [-0.25, -0.2) is 0 Å². The number of benzene rings is 2. The van der Waals surface area contributed by atoms with Crippen molar-refractivity contribution < 1.29 is 33.0 Å². The van der Waals surface area contributed by atoms with Gasteiger partial charge in [-0.3, -0.25) is 4.79 Å². The fourth-order valence-electron chi connectivity index (χ4n) is 4.68. The number of pyridine rings is 1. The van der Waals surface area contributed by atoms with Gasteiger partial charge in [-0.05, 0) is 35.2 Å². The predicted octanol–water partition coefficient (Wildman–Crippen LogP) is 2.61. The molecule has 1 saturated heterocycles. The summed E-state index contributed by atoms with van der Waals surface area (Å²) >= 11 is 0. The van der Waals surface area contributed by atoms with Crippen LogP contribution in [0.25, 0.3) is 22.0 Å². The smallest absolute Gasteiger partial charge is 0.260 e. The molecule has 1 fully saturated rings. The molecule has 2 aliphatic heterocycles. The SMILES string of the molecule is COc1cc2c(cc1OC)-c1cc3ccc(OC)c(OCC(=O)N4CCOCC4)c3c[n+]1CC2. The molecule has 8 heteroatoms. The van der Waals surface area contributed by atoms with Gasteiger partial charge < -0.3 is 28.6 Å². The highest BCUT2D eigenvalue weighted by Gasteiger charge is 2.27. The second-order valence-corrected chi connectivity index (χ2v) is 8.35. The Labute approximate surface area is 198 Å². The van der Waals surface area contributed by atoms with Crippen LogP contribution in [-0.4, -0.2) is 65.0 Å². The third-order valence-electron chi connectivity index (χ3n) is 6.51. The first kappa shape index (κ1) is 22.3. The average molecular weight is 466 g/mol. The van der Waals surface area contributed by atoms with Crippen LogP contribution in [0, 0.1) is 0 Å². The summed E-state index contributed by atoms with van der Waals surface area (Å²) < 4.78 is 30.2. The summed E-state index contributed by atoms with van der Waals surface area (Å²) in [6.45, 7) is 3.07. The lowest BCUT2D eigenvalue weighted by Gasteiger charge is -2.27. The molecular weight excluding hydrogens is 436 g/mol. The van der Waals surface area contributed by atoms with Crippen LogP contribution in [0.4, 0.5) is 0 Å². The molecule has 3 aromatic rings. The normalized spacial score (nSPS) is 14.9. The third-order valence-corrected chi connectivity index (χ3v) is 6.51. The Balaban J connectivity index is 1.52. The van der Waals surface area contributed by atoms with E-state index in [-0.39, 0.29) is 12.5 Å². The molecule has 8 nitrogen and oxygen atoms in total. The van der Waals surface area contributed by atoms with Crippen LogP contribution in [0.5, 0.6) is 23.0 Å². The summed E-state index contributed by atoms with van der Waals surface area (Å²) in [6, 6.07) is 10.1. The number of hydrogen-bond acceptors (Lipinski definition) is 6. The summed E-state index contributed by atoms with van der Waals surface area (Å²) in [4.78, 5) is 14.4. The molecule has 1 aromatic heterocycles. The van der Waals surface area contributed by atoms with E-state index in [2.05, 4.69) is 22.9 Å². The second-order valence-electron chi connectivity index (χ2n) is 8.35. The van der Waals surface area contributed by atoms with Crippen molar-refractivity contribution in [2.24, 2.45) is 0 Å². The number of nitrogens with zero attached hydrogens (tertiary/aromatic N) is 2. The fourth-order valence-corrected chi connectivity index (χ4v) is 4.68. The summed E-state index contributed by atoms with van der Waals surface area (Å²) in [5.41, 5.74) is 3.43. The maximum atomic E-state index is 12.7. The fraction of sp³-hybridized carbons (Fsp3) is 0.385. The van der Waals surface area contributed by atoms with Gasteiger partial charge in [0.2, 0.25) is 5.69 Å². The van der Waals surface area contributed by atoms with Crippen molar-refractivity contribution in [1.29, 1.82) is 0 Å². The van der Waals surface area contributed by atoms with Crippen LogP contribution in [0.2, 0.25) is 0 Å². The molecular formula is C26H29N2O6+. The highest BCUT2D eigenvalue weighted by molar-refractivity contribution is 5.92. The zero-order valence-corrected chi connectivity index (χ0v) is 19.8. The number of methoxy groups -OCH3 is 3. The zero-order valence-electron chi connectivity index (χ0n) is 19.8. The first-order valence-corrected chi connectivity index (χ1v) is 11.4. The lowest BCUT2D eigenvalue weighted by molar-refractivity contribution is -0.686. The first-order chi connectivity index (χ1) is 16.6. The molecule has 5 rings (SSSR count). The number of morpholine rings is 1. The zero-order chi connectivity index (χ0) is 23.7. The third kappa shape index (κ3) is 3.98. The molecule has 1 amide bonds. The quantitative estimate of drug-likeness (QED) is 0.522. The predicted molar refractivity (Wildman–Crippen MR) is 126 cm³/mol. The number of carbonyl (C=O) groups is 1. The molecule has 178 valence electrons. The average Bonchev–Trinajstić information content (AvgIpc) is 2.89. The van der Waals surface area contributed by atoms with Gasteiger partial charge in [0.15, 0.2) is 42.3 Å². The van der Waals surface area contributed by atoms with E-state index < -0.39 is 0 Å². The Kier molecular flexibility index (Phi) is 6.15. The van der Waals surface area contributed by atoms with E-state index in [0.717, 1.165) is 40.7 Å². The van der Waals surface area contributed by atoms with Crippen LogP contribution in [0.3, 0.4) is 0 Å². The van der Waals surface area contributed by atoms with Crippen LogP contribution in [-0.2, 0) is 22.5 Å². The molecule has 2 aliphatic rings. The van der Waals surface area contributed by atoms with Gasteiger partial charge in [0.25, 0.3) is 5.91 Å². The highest BCUT2D eigenvalue weighted by Crippen LogP contribution is 2.40. The molecule has 0 atom stereocenters. The largest absolute Gasteiger partial charge is 0.493 e. The number of rotatable bonds is 6. The molecule has 0 unspecified atom stereocenters. The molecule has 0 aliphatic carbocycles. The Morgan fingerprint density at radius 3 is 2.47 bits per heavy atom. The lowest BCUT2D eigenvalue weighted by Crippen LogP contribution is -2.43. The van der Waals surface area contributed by atoms with Crippen LogP contribution >= 0.6 is 0 Å². The maximum Gasteiger partial charge on any atom is 0.260 e. The van der Waals surface area contributed by atoms with Gasteiger partial charge in [0, 0.05) is 25.6 Å². The Morgan fingerprint density at radius 2 is 1.74 bits per heavy atom. The summed E-state index contributed by atoms with van der Waals surface area (Å²) in [5, 5.41) is 1.91. The number of carbonyl (C=O) groups excluding carboxylic acids is 1. The Bertz CT molecular complexity index is 1240. The molecule has 34 heavy (non-hydrogen) atoms. The monoisotopic (exact) mass is 465 g/mol. The molecule has 0 spiro atoms. The van der Waals surface area contributed by atoms with Gasteiger partial charge in [-0.15, -0.1) is 0 Å². The van der Waals surface area contributed by atoms with Crippen LogP contribution in [0.1, 0.15) is 5.56 Å². The van der Waals surface area contributed by atoms with E-state index in [4.69, 9.17) is 23.7 Å². The number of fused-ring (bicyclic) bond motifs is 4. The van der Waals surface area contributed by atoms with Gasteiger partial charge in [0.1, 0.15) is 0 Å². The van der Waals surface area contributed by atoms with Gasteiger partial charge in [0.05, 0.1) is 45.5 Å². The van der Waals surface area contributed by atoms with Crippen molar-refractivity contribution in [2.45, 2.75) is 13.0 Å². The molecule has 0 radical (unpaired) electrons. The van der Waals surface area contributed by atoms with Crippen molar-refractivity contribution >= 4 is 16.7 Å². The number of aryl methyl sites for hydroxylation is 2. The number of aromatic nitrogens is 1. The van der Waals surface area contributed by atoms with E-state index >= 15 is 0 Å². The number of ether oxygens (including phenoxy) is 5. The van der Waals surface area contributed by atoms with E-state index in [0.29, 0.717) is 43.6 Å². The van der Waals surface area contributed by atoms with Gasteiger partial charge in [-0.1, -0.05) is 0 Å². The maximum absolute atomic E-state index is 12.7. The van der Waals surface area contributed by atoms with Crippen molar-refractivity contribution in [3.63, 3.8) is 0 Å². The molecule has 3 heterocycles. The molecule has 0 N–H and O–H groups in total. The van der Waals surface area contributed by atoms with Crippen molar-refractivity contribution in [3.8, 4) is 34.3 Å². The second kappa shape index (κ2) is 9.38. The van der Waals surface area contributed by atoms with E-state index in [1.54, 1.807) is 26.2 Å². The van der Waals surface area contributed by atoms with E-state index in [1.165, 1.54) is 5.56 Å². The summed E-state index contributed by atoms with van der Waals surface area (Å²) in [7, 11) is 4.91. The van der Waals surface area contributed by atoms with Crippen LogP contribution < -0.4 is 23.5 Å². The Hall–Kier alpha value is -3.52. The molecule has 2 aromatic carbocycles. The van der Waals surface area contributed by atoms with Crippen molar-refractivity contribution in [2.75, 3.05) is 54.2 Å². The van der Waals surface area contributed by atoms with E-state index in [9.17, 15) is 4.79 Å². The number of hydrogen-bond donors (Lipinski definition) is 0. The lowest BCUT2D eigenvalue weighted by atomic mass is 9.95. The standard InChI is InChI=1S/C26H29N2O6/c1-30-22-5-4-17-12-21-19-14-24(32-3)23(31-2)13-18(19)6-7-28(21)15-20(17)26(22)34-16-25(29)27-8-10-33-11-9-27/h4-5,12-15H,6-11,16H2,1-3H3/q+1. The number of amides is 1. The molecule has 0 saturated carbocycles. The Morgan fingerprint density at radius 1 is 1.00 bits per heavy atom. The summed E-state index contributed by atoms with van der Waals surface area (Å²) in [6.07, 6.45) is 2.95. The van der Waals surface area contributed by atoms with Gasteiger partial charge >= 0.3 is 0 Å². The van der Waals surface area contributed by atoms with Crippen molar-refractivity contribution in [3.05, 3.63) is 42.1 Å². The van der Waals surface area contributed by atoms with Gasteiger partial charge in [-0.2, -0.15) is 4.57 Å². The topological polar surface area (TPSA) is 70.3 Å². The molecule has 0 bridgehead atoms. The highest BCUT2D eigenvalue weighted by atomic mass is 16.5. The minimum atomic E-state index is -0.0528. The van der Waals surface area contributed by atoms with Crippen LogP contribution in [0.15, 0.2) is 36.5 Å². The van der Waals surface area contributed by atoms with Crippen molar-refractivity contribution in [1.82, 2.24) is 4.90 Å².